The Hall–Kier alpha value is -0.930. The Labute approximate surface area is 82.5 Å². The van der Waals surface area contributed by atoms with Crippen LogP contribution in [0.4, 0.5) is 4.39 Å². The number of aliphatic hydroxyl groups excluding tert-OH is 1. The Morgan fingerprint density at radius 2 is 2.21 bits per heavy atom. The van der Waals surface area contributed by atoms with Crippen molar-refractivity contribution in [2.75, 3.05) is 0 Å². The lowest BCUT2D eigenvalue weighted by Crippen LogP contribution is -2.14. The van der Waals surface area contributed by atoms with Crippen molar-refractivity contribution in [1.29, 1.82) is 0 Å². The van der Waals surface area contributed by atoms with Crippen LogP contribution in [0.15, 0.2) is 18.2 Å². The maximum Gasteiger partial charge on any atom is 0.128 e. The molecule has 0 spiro atoms. The zero-order chi connectivity index (χ0) is 10.1. The smallest absolute Gasteiger partial charge is 0.128 e. The molecule has 3 N–H and O–H groups in total. The first-order valence-electron chi connectivity index (χ1n) is 4.87. The van der Waals surface area contributed by atoms with E-state index < -0.39 is 0 Å². The lowest BCUT2D eigenvalue weighted by atomic mass is 10.0. The van der Waals surface area contributed by atoms with Gasteiger partial charge < -0.3 is 10.8 Å². The van der Waals surface area contributed by atoms with Crippen LogP contribution in [-0.4, -0.2) is 5.11 Å². The van der Waals surface area contributed by atoms with E-state index >= 15 is 0 Å². The second-order valence-corrected chi connectivity index (χ2v) is 3.88. The Balaban J connectivity index is 2.24. The van der Waals surface area contributed by atoms with Crippen molar-refractivity contribution in [1.82, 2.24) is 0 Å². The third-order valence-electron chi connectivity index (χ3n) is 2.74. The SMILES string of the molecule is N[C@H](c1ccc(CO)cc1F)C1CC1. The highest BCUT2D eigenvalue weighted by atomic mass is 19.1. The van der Waals surface area contributed by atoms with Crippen LogP contribution in [0.25, 0.3) is 0 Å². The van der Waals surface area contributed by atoms with E-state index in [0.29, 0.717) is 17.0 Å². The van der Waals surface area contributed by atoms with Crippen molar-refractivity contribution < 1.29 is 9.50 Å². The molecule has 2 nitrogen and oxygen atoms in total. The molecule has 0 heterocycles. The van der Waals surface area contributed by atoms with Gasteiger partial charge in [-0.3, -0.25) is 0 Å². The van der Waals surface area contributed by atoms with Gasteiger partial charge in [0, 0.05) is 11.6 Å². The van der Waals surface area contributed by atoms with Crippen LogP contribution in [-0.2, 0) is 6.61 Å². The summed E-state index contributed by atoms with van der Waals surface area (Å²) < 4.78 is 13.5. The van der Waals surface area contributed by atoms with Gasteiger partial charge in [-0.15, -0.1) is 0 Å². The molecule has 0 bridgehead atoms. The summed E-state index contributed by atoms with van der Waals surface area (Å²) in [6, 6.07) is 4.59. The quantitative estimate of drug-likeness (QED) is 0.771. The predicted molar refractivity (Wildman–Crippen MR) is 52.0 cm³/mol. The van der Waals surface area contributed by atoms with Crippen LogP contribution >= 0.6 is 0 Å². The van der Waals surface area contributed by atoms with E-state index in [2.05, 4.69) is 0 Å². The van der Waals surface area contributed by atoms with Crippen molar-refractivity contribution >= 4 is 0 Å². The molecule has 1 aromatic rings. The summed E-state index contributed by atoms with van der Waals surface area (Å²) in [7, 11) is 0. The first-order valence-corrected chi connectivity index (χ1v) is 4.87. The van der Waals surface area contributed by atoms with Crippen LogP contribution < -0.4 is 5.73 Å². The number of aliphatic hydroxyl groups is 1. The molecule has 1 aliphatic rings. The van der Waals surface area contributed by atoms with Gasteiger partial charge in [-0.2, -0.15) is 0 Å². The zero-order valence-electron chi connectivity index (χ0n) is 7.91. The minimum absolute atomic E-state index is 0.129. The summed E-state index contributed by atoms with van der Waals surface area (Å²) in [6.07, 6.45) is 2.20. The van der Waals surface area contributed by atoms with Crippen molar-refractivity contribution in [2.45, 2.75) is 25.5 Å². The monoisotopic (exact) mass is 195 g/mol. The molecule has 1 aliphatic carbocycles. The minimum atomic E-state index is -0.295. The van der Waals surface area contributed by atoms with E-state index in [1.807, 2.05) is 0 Å². The Morgan fingerprint density at radius 1 is 1.50 bits per heavy atom. The van der Waals surface area contributed by atoms with E-state index in [9.17, 15) is 4.39 Å². The van der Waals surface area contributed by atoms with E-state index in [1.165, 1.54) is 6.07 Å². The number of benzene rings is 1. The first kappa shape index (κ1) is 9.62. The van der Waals surface area contributed by atoms with Crippen LogP contribution in [0.2, 0.25) is 0 Å². The lowest BCUT2D eigenvalue weighted by molar-refractivity contribution is 0.281. The number of halogens is 1. The summed E-state index contributed by atoms with van der Waals surface area (Å²) in [6.45, 7) is -0.129. The fourth-order valence-electron chi connectivity index (χ4n) is 1.65. The van der Waals surface area contributed by atoms with Crippen LogP contribution in [0.3, 0.4) is 0 Å². The highest BCUT2D eigenvalue weighted by Crippen LogP contribution is 2.40. The molecular formula is C11H14FNO. The van der Waals surface area contributed by atoms with Crippen LogP contribution in [0.5, 0.6) is 0 Å². The second kappa shape index (κ2) is 3.67. The molecule has 1 aromatic carbocycles. The molecule has 3 heteroatoms. The fourth-order valence-corrected chi connectivity index (χ4v) is 1.65. The average molecular weight is 195 g/mol. The maximum atomic E-state index is 13.5. The normalized spacial score (nSPS) is 18.2. The highest BCUT2D eigenvalue weighted by Gasteiger charge is 2.30. The molecule has 1 atom stereocenters. The molecule has 0 unspecified atom stereocenters. The molecular weight excluding hydrogens is 181 g/mol. The Bertz CT molecular complexity index is 336. The first-order chi connectivity index (χ1) is 6.72. The summed E-state index contributed by atoms with van der Waals surface area (Å²) >= 11 is 0. The largest absolute Gasteiger partial charge is 0.392 e. The molecule has 14 heavy (non-hydrogen) atoms. The minimum Gasteiger partial charge on any atom is -0.392 e. The van der Waals surface area contributed by atoms with Crippen molar-refractivity contribution in [3.63, 3.8) is 0 Å². The predicted octanol–water partition coefficient (Wildman–Crippen LogP) is 1.73. The standard InChI is InChI=1S/C11H14FNO/c12-10-5-7(6-14)1-4-9(10)11(13)8-2-3-8/h1,4-5,8,11,14H,2-3,6,13H2/t11-/m0/s1. The third-order valence-corrected chi connectivity index (χ3v) is 2.74. The summed E-state index contributed by atoms with van der Waals surface area (Å²) in [5, 5.41) is 8.82. The van der Waals surface area contributed by atoms with Gasteiger partial charge in [0.25, 0.3) is 0 Å². The molecule has 76 valence electrons. The number of hydrogen-bond donors (Lipinski definition) is 2. The van der Waals surface area contributed by atoms with Gasteiger partial charge >= 0.3 is 0 Å². The van der Waals surface area contributed by atoms with E-state index in [4.69, 9.17) is 10.8 Å². The molecule has 0 saturated heterocycles. The summed E-state index contributed by atoms with van der Waals surface area (Å²) in [5.74, 6) is 0.153. The second-order valence-electron chi connectivity index (χ2n) is 3.88. The van der Waals surface area contributed by atoms with Gasteiger partial charge in [-0.05, 0) is 30.4 Å². The number of nitrogens with two attached hydrogens (primary N) is 1. The molecule has 0 radical (unpaired) electrons. The van der Waals surface area contributed by atoms with Gasteiger partial charge in [0.2, 0.25) is 0 Å². The summed E-state index contributed by atoms with van der Waals surface area (Å²) in [5.41, 5.74) is 7.06. The van der Waals surface area contributed by atoms with Crippen molar-refractivity contribution in [3.05, 3.63) is 35.1 Å². The number of rotatable bonds is 3. The summed E-state index contributed by atoms with van der Waals surface area (Å²) in [4.78, 5) is 0. The molecule has 0 aliphatic heterocycles. The molecule has 1 fully saturated rings. The van der Waals surface area contributed by atoms with Crippen molar-refractivity contribution in [3.8, 4) is 0 Å². The van der Waals surface area contributed by atoms with E-state index in [0.717, 1.165) is 12.8 Å². The Morgan fingerprint density at radius 3 is 2.71 bits per heavy atom. The van der Waals surface area contributed by atoms with Gasteiger partial charge in [0.15, 0.2) is 0 Å². The molecule has 0 amide bonds. The fraction of sp³-hybridized carbons (Fsp3) is 0.455. The van der Waals surface area contributed by atoms with Gasteiger partial charge in [0.1, 0.15) is 5.82 Å². The third kappa shape index (κ3) is 1.79. The van der Waals surface area contributed by atoms with Gasteiger partial charge in [0.05, 0.1) is 6.61 Å². The molecule has 2 rings (SSSR count). The zero-order valence-corrected chi connectivity index (χ0v) is 7.91. The topological polar surface area (TPSA) is 46.2 Å². The van der Waals surface area contributed by atoms with E-state index in [1.54, 1.807) is 12.1 Å². The lowest BCUT2D eigenvalue weighted by Gasteiger charge is -2.12. The molecule has 1 saturated carbocycles. The van der Waals surface area contributed by atoms with Gasteiger partial charge in [-0.1, -0.05) is 12.1 Å². The maximum absolute atomic E-state index is 13.5. The van der Waals surface area contributed by atoms with Crippen LogP contribution in [0, 0.1) is 11.7 Å². The number of hydrogen-bond acceptors (Lipinski definition) is 2. The highest BCUT2D eigenvalue weighted by molar-refractivity contribution is 5.27. The van der Waals surface area contributed by atoms with Gasteiger partial charge in [-0.25, -0.2) is 4.39 Å². The van der Waals surface area contributed by atoms with Crippen LogP contribution in [0.1, 0.15) is 30.0 Å². The van der Waals surface area contributed by atoms with E-state index in [-0.39, 0.29) is 18.5 Å². The average Bonchev–Trinajstić information content (AvgIpc) is 3.00. The molecule has 0 aromatic heterocycles. The van der Waals surface area contributed by atoms with Crippen molar-refractivity contribution in [2.24, 2.45) is 11.7 Å². The Kier molecular flexibility index (Phi) is 2.52.